The predicted octanol–water partition coefficient (Wildman–Crippen LogP) is 4.27. The fourth-order valence-corrected chi connectivity index (χ4v) is 2.91. The molecule has 158 valence electrons. The van der Waals surface area contributed by atoms with Gasteiger partial charge in [0.25, 0.3) is 0 Å². The van der Waals surface area contributed by atoms with Crippen molar-refractivity contribution in [3.05, 3.63) is 83.3 Å². The van der Waals surface area contributed by atoms with Crippen molar-refractivity contribution in [1.29, 1.82) is 0 Å². The summed E-state index contributed by atoms with van der Waals surface area (Å²) in [5, 5.41) is 19.1. The van der Waals surface area contributed by atoms with E-state index in [1.54, 1.807) is 12.1 Å². The Morgan fingerprint density at radius 3 is 1.32 bits per heavy atom. The van der Waals surface area contributed by atoms with E-state index >= 15 is 0 Å². The molecule has 3 aromatic rings. The Balaban J connectivity index is 1.76. The van der Waals surface area contributed by atoms with Gasteiger partial charge in [-0.15, -0.1) is 0 Å². The number of carboxylic acid groups (broad SMARTS) is 2. The first-order chi connectivity index (χ1) is 14.9. The summed E-state index contributed by atoms with van der Waals surface area (Å²) in [5.41, 5.74) is 1.56. The lowest BCUT2D eigenvalue weighted by atomic mass is 10.2. The maximum Gasteiger partial charge on any atom is 0.412 e. The fraction of sp³-hybridized carbons (Fsp3) is 0.0909. The quantitative estimate of drug-likeness (QED) is 0.519. The lowest BCUT2D eigenvalue weighted by Crippen LogP contribution is -2.29. The van der Waals surface area contributed by atoms with Gasteiger partial charge in [0.15, 0.2) is 0 Å². The first-order valence-electron chi connectivity index (χ1n) is 9.10. The molecular weight excluding hydrogens is 404 g/mol. The van der Waals surface area contributed by atoms with Gasteiger partial charge in [-0.1, -0.05) is 0 Å². The Kier molecular flexibility index (Phi) is 6.46. The van der Waals surface area contributed by atoms with Gasteiger partial charge in [0, 0.05) is 22.5 Å². The van der Waals surface area contributed by atoms with Crippen molar-refractivity contribution in [3.8, 4) is 0 Å². The summed E-state index contributed by atoms with van der Waals surface area (Å²) in [6.45, 7) is -0.201. The van der Waals surface area contributed by atoms with Crippen LogP contribution < -0.4 is 9.80 Å². The largest absolute Gasteiger partial charge is 0.465 e. The average molecular weight is 422 g/mol. The Bertz CT molecular complexity index is 1000. The lowest BCUT2D eigenvalue weighted by molar-refractivity contribution is 0.111. The van der Waals surface area contributed by atoms with E-state index in [-0.39, 0.29) is 13.1 Å². The van der Waals surface area contributed by atoms with Crippen molar-refractivity contribution < 1.29 is 33.8 Å². The molecule has 9 heteroatoms. The number of hydrogen-bond donors (Lipinski definition) is 2. The summed E-state index contributed by atoms with van der Waals surface area (Å²) in [4.78, 5) is 47.0. The topological polar surface area (TPSA) is 128 Å². The number of amides is 2. The second kappa shape index (κ2) is 9.40. The van der Waals surface area contributed by atoms with Crippen LogP contribution in [0.25, 0.3) is 0 Å². The van der Waals surface area contributed by atoms with Crippen LogP contribution in [-0.4, -0.2) is 35.0 Å². The summed E-state index contributed by atoms with van der Waals surface area (Å²) in [7, 11) is 0. The van der Waals surface area contributed by atoms with Gasteiger partial charge in [0.2, 0.25) is 0 Å². The molecule has 2 amide bonds. The van der Waals surface area contributed by atoms with Crippen LogP contribution in [0.5, 0.6) is 0 Å². The van der Waals surface area contributed by atoms with Crippen LogP contribution in [0.2, 0.25) is 0 Å². The number of benzene rings is 2. The molecule has 9 nitrogen and oxygen atoms in total. The molecule has 1 aromatic heterocycles. The number of furan rings is 1. The Morgan fingerprint density at radius 2 is 1.03 bits per heavy atom. The van der Waals surface area contributed by atoms with E-state index in [1.807, 2.05) is 0 Å². The van der Waals surface area contributed by atoms with E-state index < -0.39 is 12.2 Å². The van der Waals surface area contributed by atoms with Crippen LogP contribution in [0.15, 0.2) is 65.1 Å². The van der Waals surface area contributed by atoms with Crippen molar-refractivity contribution in [2.45, 2.75) is 13.1 Å². The normalized spacial score (nSPS) is 10.3. The maximum atomic E-state index is 11.7. The molecule has 31 heavy (non-hydrogen) atoms. The molecule has 3 rings (SSSR count). The second-order valence-electron chi connectivity index (χ2n) is 6.52. The van der Waals surface area contributed by atoms with E-state index in [0.717, 1.165) is 9.80 Å². The number of aldehydes is 2. The second-order valence-corrected chi connectivity index (χ2v) is 6.52. The van der Waals surface area contributed by atoms with Gasteiger partial charge >= 0.3 is 12.2 Å². The highest BCUT2D eigenvalue weighted by molar-refractivity contribution is 5.87. The molecule has 2 aromatic carbocycles. The number of carbonyl (C=O) groups is 4. The zero-order chi connectivity index (χ0) is 22.4. The van der Waals surface area contributed by atoms with Crippen LogP contribution in [0, 0.1) is 0 Å². The molecule has 0 spiro atoms. The third kappa shape index (κ3) is 5.15. The first-order valence-corrected chi connectivity index (χ1v) is 9.10. The first kappa shape index (κ1) is 21.3. The zero-order valence-electron chi connectivity index (χ0n) is 16.2. The summed E-state index contributed by atoms with van der Waals surface area (Å²) < 4.78 is 5.66. The highest BCUT2D eigenvalue weighted by Gasteiger charge is 2.20. The van der Waals surface area contributed by atoms with E-state index in [0.29, 0.717) is 46.6 Å². The van der Waals surface area contributed by atoms with Gasteiger partial charge in [0.1, 0.15) is 24.1 Å². The van der Waals surface area contributed by atoms with Crippen molar-refractivity contribution >= 4 is 36.1 Å². The molecule has 0 fully saturated rings. The predicted molar refractivity (Wildman–Crippen MR) is 111 cm³/mol. The number of carbonyl (C=O) groups excluding carboxylic acids is 2. The van der Waals surface area contributed by atoms with E-state index in [9.17, 15) is 29.4 Å². The standard InChI is InChI=1S/C22H18N2O7/c25-13-15-1-5-17(6-2-15)23(21(27)28)11-19-9-10-20(31-19)12-24(22(29)30)18-7-3-16(14-26)4-8-18/h1-10,13-14H,11-12H2,(H,27,28)(H,29,30). The monoisotopic (exact) mass is 422 g/mol. The SMILES string of the molecule is O=Cc1ccc(N(Cc2ccc(CN(C(=O)O)c3ccc(C=O)cc3)o2)C(=O)O)cc1. The number of anilines is 2. The summed E-state index contributed by atoms with van der Waals surface area (Å²) >= 11 is 0. The molecule has 0 aliphatic rings. The van der Waals surface area contributed by atoms with Gasteiger partial charge in [0.05, 0.1) is 13.1 Å². The van der Waals surface area contributed by atoms with Crippen LogP contribution in [-0.2, 0) is 13.1 Å². The van der Waals surface area contributed by atoms with E-state index in [4.69, 9.17) is 4.42 Å². The minimum atomic E-state index is -1.21. The lowest BCUT2D eigenvalue weighted by Gasteiger charge is -2.19. The summed E-state index contributed by atoms with van der Waals surface area (Å²) in [5.74, 6) is 0.636. The Hall–Kier alpha value is -4.40. The molecule has 2 N–H and O–H groups in total. The zero-order valence-corrected chi connectivity index (χ0v) is 16.2. The van der Waals surface area contributed by atoms with Crippen LogP contribution in [0.1, 0.15) is 32.2 Å². The molecule has 0 aliphatic heterocycles. The van der Waals surface area contributed by atoms with Gasteiger partial charge in [-0.25, -0.2) is 9.59 Å². The molecule has 0 saturated heterocycles. The minimum absolute atomic E-state index is 0.100. The number of nitrogens with zero attached hydrogens (tertiary/aromatic N) is 2. The highest BCUT2D eigenvalue weighted by atomic mass is 16.4. The molecule has 0 saturated carbocycles. The fourth-order valence-electron chi connectivity index (χ4n) is 2.91. The molecule has 0 radical (unpaired) electrons. The Labute approximate surface area is 176 Å². The van der Waals surface area contributed by atoms with Crippen molar-refractivity contribution in [2.75, 3.05) is 9.80 Å². The van der Waals surface area contributed by atoms with Gasteiger partial charge < -0.3 is 14.6 Å². The summed E-state index contributed by atoms with van der Waals surface area (Å²) in [6, 6.07) is 15.2. The molecule has 1 heterocycles. The van der Waals surface area contributed by atoms with E-state index in [1.165, 1.54) is 48.5 Å². The van der Waals surface area contributed by atoms with Crippen molar-refractivity contribution in [2.24, 2.45) is 0 Å². The third-order valence-electron chi connectivity index (χ3n) is 4.49. The average Bonchev–Trinajstić information content (AvgIpc) is 3.23. The minimum Gasteiger partial charge on any atom is -0.465 e. The van der Waals surface area contributed by atoms with E-state index in [2.05, 4.69) is 0 Å². The van der Waals surface area contributed by atoms with Crippen LogP contribution in [0.4, 0.5) is 21.0 Å². The smallest absolute Gasteiger partial charge is 0.412 e. The third-order valence-corrected chi connectivity index (χ3v) is 4.49. The van der Waals surface area contributed by atoms with Gasteiger partial charge in [-0.3, -0.25) is 19.4 Å². The molecule has 0 aliphatic carbocycles. The molecule has 0 unspecified atom stereocenters. The number of hydrogen-bond acceptors (Lipinski definition) is 5. The van der Waals surface area contributed by atoms with Crippen molar-refractivity contribution in [3.63, 3.8) is 0 Å². The molecular formula is C22H18N2O7. The Morgan fingerprint density at radius 1 is 0.677 bits per heavy atom. The maximum absolute atomic E-state index is 11.7. The molecule has 0 atom stereocenters. The van der Waals surface area contributed by atoms with Crippen LogP contribution in [0.3, 0.4) is 0 Å². The van der Waals surface area contributed by atoms with Crippen LogP contribution >= 0.6 is 0 Å². The van der Waals surface area contributed by atoms with Gasteiger partial charge in [-0.2, -0.15) is 0 Å². The molecule has 0 bridgehead atoms. The van der Waals surface area contributed by atoms with Gasteiger partial charge in [-0.05, 0) is 60.7 Å². The summed E-state index contributed by atoms with van der Waals surface area (Å²) in [6.07, 6.45) is -1.10. The van der Waals surface area contributed by atoms with Crippen molar-refractivity contribution in [1.82, 2.24) is 0 Å². The highest BCUT2D eigenvalue weighted by Crippen LogP contribution is 2.22. The number of rotatable bonds is 8.